The van der Waals surface area contributed by atoms with Crippen molar-refractivity contribution < 1.29 is 9.57 Å². The van der Waals surface area contributed by atoms with Gasteiger partial charge in [0.25, 0.3) is 0 Å². The highest BCUT2D eigenvalue weighted by atomic mass is 16.7. The molecular formula is C17H20N2O2. The minimum atomic E-state index is 0.0262. The molecule has 1 heterocycles. The summed E-state index contributed by atoms with van der Waals surface area (Å²) in [7, 11) is 3.71. The Morgan fingerprint density at radius 1 is 1.00 bits per heavy atom. The van der Waals surface area contributed by atoms with Crippen molar-refractivity contribution in [3.63, 3.8) is 0 Å². The molecular weight excluding hydrogens is 264 g/mol. The number of ether oxygens (including phenoxy) is 1. The fourth-order valence-corrected chi connectivity index (χ4v) is 2.57. The Kier molecular flexibility index (Phi) is 3.82. The first-order valence-corrected chi connectivity index (χ1v) is 7.09. The second-order valence-corrected chi connectivity index (χ2v) is 5.22. The summed E-state index contributed by atoms with van der Waals surface area (Å²) in [6.07, 6.45) is 0.0262. The van der Waals surface area contributed by atoms with Gasteiger partial charge in [-0.2, -0.15) is 10.2 Å². The van der Waals surface area contributed by atoms with Gasteiger partial charge in [0.2, 0.25) is 0 Å². The maximum Gasteiger partial charge on any atom is 0.129 e. The summed E-state index contributed by atoms with van der Waals surface area (Å²) in [6, 6.07) is 18.4. The van der Waals surface area contributed by atoms with E-state index in [-0.39, 0.29) is 12.1 Å². The highest BCUT2D eigenvalue weighted by molar-refractivity contribution is 5.47. The molecule has 0 aliphatic carbocycles. The molecule has 1 saturated heterocycles. The smallest absolute Gasteiger partial charge is 0.129 e. The van der Waals surface area contributed by atoms with Crippen LogP contribution in [0.15, 0.2) is 54.6 Å². The summed E-state index contributed by atoms with van der Waals surface area (Å²) in [5.41, 5.74) is 2.18. The molecule has 0 bridgehead atoms. The Labute approximate surface area is 125 Å². The molecule has 0 radical (unpaired) electrons. The van der Waals surface area contributed by atoms with Crippen LogP contribution in [-0.2, 0) is 4.84 Å². The van der Waals surface area contributed by atoms with Gasteiger partial charge in [-0.05, 0) is 36.8 Å². The van der Waals surface area contributed by atoms with Gasteiger partial charge in [-0.1, -0.05) is 30.3 Å². The highest BCUT2D eigenvalue weighted by Crippen LogP contribution is 2.36. The van der Waals surface area contributed by atoms with Crippen LogP contribution in [0.3, 0.4) is 0 Å². The molecule has 2 aromatic rings. The van der Waals surface area contributed by atoms with E-state index in [4.69, 9.17) is 9.57 Å². The third kappa shape index (κ3) is 2.60. The fraction of sp³-hybridized carbons (Fsp3) is 0.294. The predicted octanol–water partition coefficient (Wildman–Crippen LogP) is 3.42. The Morgan fingerprint density at radius 2 is 1.67 bits per heavy atom. The minimum Gasteiger partial charge on any atom is -0.497 e. The van der Waals surface area contributed by atoms with Crippen LogP contribution in [0.25, 0.3) is 0 Å². The van der Waals surface area contributed by atoms with E-state index in [1.807, 2.05) is 54.7 Å². The minimum absolute atomic E-state index is 0.0262. The van der Waals surface area contributed by atoms with E-state index in [1.165, 1.54) is 5.56 Å². The summed E-state index contributed by atoms with van der Waals surface area (Å²) in [5, 5.41) is 3.96. The van der Waals surface area contributed by atoms with Crippen molar-refractivity contribution in [3.05, 3.63) is 60.2 Å². The number of hydrogen-bond donors (Lipinski definition) is 0. The van der Waals surface area contributed by atoms with E-state index >= 15 is 0 Å². The molecule has 2 unspecified atom stereocenters. The summed E-state index contributed by atoms with van der Waals surface area (Å²) in [6.45, 7) is 2.17. The van der Waals surface area contributed by atoms with E-state index in [1.54, 1.807) is 7.11 Å². The Morgan fingerprint density at radius 3 is 2.29 bits per heavy atom. The van der Waals surface area contributed by atoms with Crippen LogP contribution in [0.5, 0.6) is 5.75 Å². The first-order valence-electron chi connectivity index (χ1n) is 7.09. The van der Waals surface area contributed by atoms with Crippen molar-refractivity contribution in [1.29, 1.82) is 0 Å². The van der Waals surface area contributed by atoms with Crippen molar-refractivity contribution in [3.8, 4) is 5.75 Å². The topological polar surface area (TPSA) is 24.9 Å². The van der Waals surface area contributed by atoms with Gasteiger partial charge >= 0.3 is 0 Å². The lowest BCUT2D eigenvalue weighted by atomic mass is 10.0. The quantitative estimate of drug-likeness (QED) is 0.862. The van der Waals surface area contributed by atoms with Crippen LogP contribution >= 0.6 is 0 Å². The molecule has 0 aromatic heterocycles. The van der Waals surface area contributed by atoms with Crippen molar-refractivity contribution in [2.75, 3.05) is 19.3 Å². The van der Waals surface area contributed by atoms with Crippen LogP contribution in [-0.4, -0.2) is 25.2 Å². The van der Waals surface area contributed by atoms with Crippen molar-refractivity contribution in [2.45, 2.75) is 19.1 Å². The highest BCUT2D eigenvalue weighted by Gasteiger charge is 2.37. The van der Waals surface area contributed by atoms with E-state index in [0.29, 0.717) is 0 Å². The second kappa shape index (κ2) is 5.76. The van der Waals surface area contributed by atoms with Gasteiger partial charge < -0.3 is 4.74 Å². The van der Waals surface area contributed by atoms with Crippen LogP contribution < -0.4 is 9.91 Å². The number of likely N-dealkylation sites (N-methyl/N-ethyl adjacent to an activating group) is 1. The monoisotopic (exact) mass is 284 g/mol. The third-order valence-electron chi connectivity index (χ3n) is 3.95. The van der Waals surface area contributed by atoms with Crippen LogP contribution in [0.2, 0.25) is 0 Å². The average molecular weight is 284 g/mol. The van der Waals surface area contributed by atoms with Gasteiger partial charge in [0.15, 0.2) is 0 Å². The normalized spacial score (nSPS) is 22.5. The van der Waals surface area contributed by atoms with Gasteiger partial charge in [-0.3, -0.25) is 0 Å². The van der Waals surface area contributed by atoms with Crippen LogP contribution in [0, 0.1) is 0 Å². The van der Waals surface area contributed by atoms with E-state index in [2.05, 4.69) is 24.1 Å². The molecule has 4 nitrogen and oxygen atoms in total. The van der Waals surface area contributed by atoms with Gasteiger partial charge in [0.1, 0.15) is 11.9 Å². The van der Waals surface area contributed by atoms with Crippen molar-refractivity contribution >= 4 is 5.69 Å². The molecule has 0 saturated carbocycles. The average Bonchev–Trinajstić information content (AvgIpc) is 2.84. The summed E-state index contributed by atoms with van der Waals surface area (Å²) >= 11 is 0. The number of hydrazine groups is 1. The lowest BCUT2D eigenvalue weighted by molar-refractivity contribution is 0.0603. The number of benzene rings is 2. The Bertz CT molecular complexity index is 585. The first kappa shape index (κ1) is 13.9. The molecule has 0 amide bonds. The molecule has 1 aliphatic rings. The lowest BCUT2D eigenvalue weighted by Crippen LogP contribution is -2.36. The fourth-order valence-electron chi connectivity index (χ4n) is 2.57. The largest absolute Gasteiger partial charge is 0.497 e. The summed E-state index contributed by atoms with van der Waals surface area (Å²) < 4.78 is 5.20. The SMILES string of the molecule is COc1ccc(N2OC(c3ccccc3)C(C)N2C)cc1. The van der Waals surface area contributed by atoms with Gasteiger partial charge in [-0.25, -0.2) is 4.84 Å². The maximum atomic E-state index is 6.15. The van der Waals surface area contributed by atoms with Crippen molar-refractivity contribution in [1.82, 2.24) is 5.01 Å². The number of anilines is 1. The predicted molar refractivity (Wildman–Crippen MR) is 83.0 cm³/mol. The van der Waals surface area contributed by atoms with Crippen LogP contribution in [0.1, 0.15) is 18.6 Å². The molecule has 0 N–H and O–H groups in total. The molecule has 0 spiro atoms. The summed E-state index contributed by atoms with van der Waals surface area (Å²) in [4.78, 5) is 6.15. The molecule has 3 rings (SSSR count). The number of hydrogen-bond acceptors (Lipinski definition) is 4. The molecule has 4 heteroatoms. The Hall–Kier alpha value is -2.04. The van der Waals surface area contributed by atoms with Crippen LogP contribution in [0.4, 0.5) is 5.69 Å². The number of methoxy groups -OCH3 is 1. The molecule has 2 atom stereocenters. The molecule has 2 aromatic carbocycles. The van der Waals surface area contributed by atoms with Crippen molar-refractivity contribution in [2.24, 2.45) is 0 Å². The zero-order chi connectivity index (χ0) is 14.8. The van der Waals surface area contributed by atoms with E-state index in [0.717, 1.165) is 11.4 Å². The maximum absolute atomic E-state index is 6.15. The third-order valence-corrected chi connectivity index (χ3v) is 3.95. The second-order valence-electron chi connectivity index (χ2n) is 5.22. The molecule has 1 aliphatic heterocycles. The molecule has 21 heavy (non-hydrogen) atoms. The molecule has 110 valence electrons. The zero-order valence-electron chi connectivity index (χ0n) is 12.6. The zero-order valence-corrected chi connectivity index (χ0v) is 12.6. The van der Waals surface area contributed by atoms with Gasteiger partial charge in [-0.15, -0.1) is 0 Å². The first-order chi connectivity index (χ1) is 10.2. The molecule has 1 fully saturated rings. The van der Waals surface area contributed by atoms with Gasteiger partial charge in [0.05, 0.1) is 18.8 Å². The van der Waals surface area contributed by atoms with Gasteiger partial charge in [0, 0.05) is 7.05 Å². The number of nitrogens with zero attached hydrogens (tertiary/aromatic N) is 2. The van der Waals surface area contributed by atoms with E-state index in [9.17, 15) is 0 Å². The Balaban J connectivity index is 1.84. The standard InChI is InChI=1S/C17H20N2O2/c1-13-17(14-7-5-4-6-8-14)21-19(18(13)2)15-9-11-16(20-3)12-10-15/h4-13,17H,1-3H3. The van der Waals surface area contributed by atoms with E-state index < -0.39 is 0 Å². The summed E-state index contributed by atoms with van der Waals surface area (Å²) in [5.74, 6) is 0.841. The lowest BCUT2D eigenvalue weighted by Gasteiger charge is -2.25. The number of rotatable bonds is 3.